The fraction of sp³-hybridized carbons (Fsp3) is 0.533. The highest BCUT2D eigenvalue weighted by Gasteiger charge is 2.12. The van der Waals surface area contributed by atoms with Gasteiger partial charge in [-0.25, -0.2) is 0 Å². The van der Waals surface area contributed by atoms with Crippen molar-refractivity contribution in [2.24, 2.45) is 0 Å². The second-order valence-corrected chi connectivity index (χ2v) is 5.33. The molecule has 0 saturated heterocycles. The molecule has 0 aliphatic rings. The Morgan fingerprint density at radius 2 is 1.95 bits per heavy atom. The Balaban J connectivity index is 2.41. The number of amides is 1. The first-order valence-electron chi connectivity index (χ1n) is 6.79. The van der Waals surface area contributed by atoms with Gasteiger partial charge in [0.15, 0.2) is 0 Å². The summed E-state index contributed by atoms with van der Waals surface area (Å²) in [5.74, 6) is 0.0769. The van der Waals surface area contributed by atoms with Crippen molar-refractivity contribution in [2.45, 2.75) is 45.7 Å². The van der Waals surface area contributed by atoms with Gasteiger partial charge in [0.05, 0.1) is 0 Å². The summed E-state index contributed by atoms with van der Waals surface area (Å²) < 4.78 is 0. The van der Waals surface area contributed by atoms with Crippen molar-refractivity contribution in [1.29, 1.82) is 0 Å². The number of carbonyl (C=O) groups excluding carboxylic acids is 1. The van der Waals surface area contributed by atoms with Crippen molar-refractivity contribution in [3.63, 3.8) is 0 Å². The molecule has 0 radical (unpaired) electrons. The van der Waals surface area contributed by atoms with E-state index >= 15 is 0 Å². The number of nitrogens with one attached hydrogen (secondary N) is 2. The standard InChI is InChI=1S/C15H23ClN2O/c1-4-17-11(2)10-15(19)18-12(3)9-13-7-5-6-8-14(13)16/h5-8,11-12,17H,4,9-10H2,1-3H3,(H,18,19). The van der Waals surface area contributed by atoms with Gasteiger partial charge in [0.2, 0.25) is 5.91 Å². The van der Waals surface area contributed by atoms with Crippen LogP contribution < -0.4 is 10.6 Å². The lowest BCUT2D eigenvalue weighted by Crippen LogP contribution is -2.38. The van der Waals surface area contributed by atoms with Gasteiger partial charge in [-0.15, -0.1) is 0 Å². The molecule has 2 atom stereocenters. The largest absolute Gasteiger partial charge is 0.353 e. The maximum absolute atomic E-state index is 11.8. The molecule has 1 rings (SSSR count). The maximum atomic E-state index is 11.8. The Kier molecular flexibility index (Phi) is 6.89. The van der Waals surface area contributed by atoms with E-state index < -0.39 is 0 Å². The summed E-state index contributed by atoms with van der Waals surface area (Å²) in [5, 5.41) is 6.99. The van der Waals surface area contributed by atoms with Crippen LogP contribution in [0.4, 0.5) is 0 Å². The second-order valence-electron chi connectivity index (χ2n) is 4.93. The molecule has 3 nitrogen and oxygen atoms in total. The highest BCUT2D eigenvalue weighted by Crippen LogP contribution is 2.16. The zero-order valence-corrected chi connectivity index (χ0v) is 12.6. The Bertz CT molecular complexity index is 409. The van der Waals surface area contributed by atoms with Crippen molar-refractivity contribution in [1.82, 2.24) is 10.6 Å². The summed E-state index contributed by atoms with van der Waals surface area (Å²) in [5.41, 5.74) is 1.07. The first-order chi connectivity index (χ1) is 9.02. The molecule has 1 aromatic carbocycles. The van der Waals surface area contributed by atoms with Gasteiger partial charge in [-0.3, -0.25) is 4.79 Å². The lowest BCUT2D eigenvalue weighted by Gasteiger charge is -2.17. The normalized spacial score (nSPS) is 13.9. The molecule has 1 aromatic rings. The van der Waals surface area contributed by atoms with Crippen molar-refractivity contribution in [3.05, 3.63) is 34.9 Å². The maximum Gasteiger partial charge on any atom is 0.221 e. The molecule has 0 fully saturated rings. The lowest BCUT2D eigenvalue weighted by atomic mass is 10.1. The molecule has 0 heterocycles. The first kappa shape index (κ1) is 16.0. The fourth-order valence-corrected chi connectivity index (χ4v) is 2.29. The van der Waals surface area contributed by atoms with Crippen LogP contribution >= 0.6 is 11.6 Å². The van der Waals surface area contributed by atoms with Gasteiger partial charge in [0.1, 0.15) is 0 Å². The van der Waals surface area contributed by atoms with Crippen LogP contribution in [-0.2, 0) is 11.2 Å². The molecule has 19 heavy (non-hydrogen) atoms. The van der Waals surface area contributed by atoms with E-state index in [1.165, 1.54) is 0 Å². The average Bonchev–Trinajstić information content (AvgIpc) is 2.31. The van der Waals surface area contributed by atoms with E-state index in [0.29, 0.717) is 6.42 Å². The Morgan fingerprint density at radius 3 is 2.58 bits per heavy atom. The number of rotatable bonds is 7. The van der Waals surface area contributed by atoms with Crippen molar-refractivity contribution < 1.29 is 4.79 Å². The van der Waals surface area contributed by atoms with Crippen LogP contribution in [0.5, 0.6) is 0 Å². The van der Waals surface area contributed by atoms with Gasteiger partial charge in [-0.1, -0.05) is 36.7 Å². The van der Waals surface area contributed by atoms with Crippen molar-refractivity contribution in [3.8, 4) is 0 Å². The third-order valence-electron chi connectivity index (χ3n) is 2.94. The van der Waals surface area contributed by atoms with Gasteiger partial charge in [0.25, 0.3) is 0 Å². The van der Waals surface area contributed by atoms with E-state index in [4.69, 9.17) is 11.6 Å². The summed E-state index contributed by atoms with van der Waals surface area (Å²) in [6.07, 6.45) is 1.25. The smallest absolute Gasteiger partial charge is 0.221 e. The molecule has 0 saturated carbocycles. The summed E-state index contributed by atoms with van der Waals surface area (Å²) in [4.78, 5) is 11.8. The van der Waals surface area contributed by atoms with E-state index in [0.717, 1.165) is 23.6 Å². The molecular weight excluding hydrogens is 260 g/mol. The molecule has 0 spiro atoms. The van der Waals surface area contributed by atoms with Crippen LogP contribution in [0.1, 0.15) is 32.8 Å². The predicted octanol–water partition coefficient (Wildman–Crippen LogP) is 2.78. The van der Waals surface area contributed by atoms with E-state index in [2.05, 4.69) is 10.6 Å². The fourth-order valence-electron chi connectivity index (χ4n) is 2.08. The third kappa shape index (κ3) is 6.08. The van der Waals surface area contributed by atoms with Crippen LogP contribution in [0.25, 0.3) is 0 Å². The molecule has 0 aromatic heterocycles. The van der Waals surface area contributed by atoms with Crippen LogP contribution in [0.3, 0.4) is 0 Å². The van der Waals surface area contributed by atoms with Crippen molar-refractivity contribution >= 4 is 17.5 Å². The summed E-state index contributed by atoms with van der Waals surface area (Å²) in [6.45, 7) is 6.93. The second kappa shape index (κ2) is 8.18. The monoisotopic (exact) mass is 282 g/mol. The van der Waals surface area contributed by atoms with Gasteiger partial charge in [-0.2, -0.15) is 0 Å². The van der Waals surface area contributed by atoms with Gasteiger partial charge in [0, 0.05) is 23.5 Å². The lowest BCUT2D eigenvalue weighted by molar-refractivity contribution is -0.122. The summed E-state index contributed by atoms with van der Waals surface area (Å²) >= 11 is 6.11. The molecule has 4 heteroatoms. The Morgan fingerprint density at radius 1 is 1.26 bits per heavy atom. The van der Waals surface area contributed by atoms with Crippen LogP contribution in [0.2, 0.25) is 5.02 Å². The van der Waals surface area contributed by atoms with E-state index in [1.807, 2.05) is 45.0 Å². The number of carbonyl (C=O) groups is 1. The van der Waals surface area contributed by atoms with Crippen LogP contribution in [0, 0.1) is 0 Å². The average molecular weight is 283 g/mol. The molecule has 2 N–H and O–H groups in total. The molecule has 106 valence electrons. The topological polar surface area (TPSA) is 41.1 Å². The van der Waals surface area contributed by atoms with Gasteiger partial charge < -0.3 is 10.6 Å². The zero-order valence-electron chi connectivity index (χ0n) is 11.9. The van der Waals surface area contributed by atoms with Crippen molar-refractivity contribution in [2.75, 3.05) is 6.54 Å². The minimum Gasteiger partial charge on any atom is -0.353 e. The molecule has 0 bridgehead atoms. The van der Waals surface area contributed by atoms with Crippen LogP contribution in [-0.4, -0.2) is 24.5 Å². The third-order valence-corrected chi connectivity index (χ3v) is 3.30. The molecule has 0 aliphatic heterocycles. The highest BCUT2D eigenvalue weighted by molar-refractivity contribution is 6.31. The summed E-state index contributed by atoms with van der Waals surface area (Å²) in [6, 6.07) is 8.03. The number of hydrogen-bond donors (Lipinski definition) is 2. The highest BCUT2D eigenvalue weighted by atomic mass is 35.5. The van der Waals surface area contributed by atoms with E-state index in [-0.39, 0.29) is 18.0 Å². The minimum atomic E-state index is 0.0769. The quantitative estimate of drug-likeness (QED) is 0.807. The van der Waals surface area contributed by atoms with E-state index in [9.17, 15) is 4.79 Å². The Labute approximate surface area is 120 Å². The van der Waals surface area contributed by atoms with Gasteiger partial charge >= 0.3 is 0 Å². The molecular formula is C15H23ClN2O. The number of halogens is 1. The predicted molar refractivity (Wildman–Crippen MR) is 80.5 cm³/mol. The summed E-state index contributed by atoms with van der Waals surface area (Å²) in [7, 11) is 0. The number of benzene rings is 1. The Hall–Kier alpha value is -1.06. The SMILES string of the molecule is CCNC(C)CC(=O)NC(C)Cc1ccccc1Cl. The minimum absolute atomic E-state index is 0.0769. The van der Waals surface area contributed by atoms with E-state index in [1.54, 1.807) is 0 Å². The molecule has 1 amide bonds. The van der Waals surface area contributed by atoms with Gasteiger partial charge in [-0.05, 0) is 38.4 Å². The number of hydrogen-bond acceptors (Lipinski definition) is 2. The first-order valence-corrected chi connectivity index (χ1v) is 7.16. The molecule has 2 unspecified atom stereocenters. The van der Waals surface area contributed by atoms with Crippen LogP contribution in [0.15, 0.2) is 24.3 Å². The zero-order chi connectivity index (χ0) is 14.3. The molecule has 0 aliphatic carbocycles.